The molecular formula is C20H32N2O3S. The number of hydrogen-bond donors (Lipinski definition) is 0. The largest absolute Gasteiger partial charge is 0.339 e. The van der Waals surface area contributed by atoms with Crippen LogP contribution in [0, 0.1) is 11.8 Å². The third kappa shape index (κ3) is 4.86. The van der Waals surface area contributed by atoms with Crippen molar-refractivity contribution in [2.75, 3.05) is 26.2 Å². The van der Waals surface area contributed by atoms with E-state index in [1.165, 1.54) is 0 Å². The van der Waals surface area contributed by atoms with Crippen molar-refractivity contribution in [2.24, 2.45) is 11.8 Å². The third-order valence-corrected chi connectivity index (χ3v) is 6.66. The van der Waals surface area contributed by atoms with E-state index < -0.39 is 10.0 Å². The van der Waals surface area contributed by atoms with Crippen molar-refractivity contribution in [1.82, 2.24) is 9.21 Å². The zero-order valence-corrected chi connectivity index (χ0v) is 17.3. The Bertz CT molecular complexity index is 702. The van der Waals surface area contributed by atoms with Crippen LogP contribution in [0.25, 0.3) is 0 Å². The summed E-state index contributed by atoms with van der Waals surface area (Å²) in [5.74, 6) is 0.608. The number of nitrogens with zero attached hydrogens (tertiary/aromatic N) is 2. The van der Waals surface area contributed by atoms with Crippen molar-refractivity contribution in [3.63, 3.8) is 0 Å². The van der Waals surface area contributed by atoms with E-state index in [9.17, 15) is 13.2 Å². The van der Waals surface area contributed by atoms with Crippen molar-refractivity contribution in [3.8, 4) is 0 Å². The molecule has 1 aliphatic rings. The van der Waals surface area contributed by atoms with Crippen LogP contribution in [0.1, 0.15) is 57.3 Å². The molecule has 2 atom stereocenters. The molecule has 1 heterocycles. The minimum Gasteiger partial charge on any atom is -0.339 e. The number of hydrogen-bond acceptors (Lipinski definition) is 3. The summed E-state index contributed by atoms with van der Waals surface area (Å²) < 4.78 is 27.7. The lowest BCUT2D eigenvalue weighted by molar-refractivity contribution is 0.0755. The molecule has 146 valence electrons. The fourth-order valence-corrected chi connectivity index (χ4v) is 5.50. The Morgan fingerprint density at radius 3 is 2.23 bits per heavy atom. The van der Waals surface area contributed by atoms with Gasteiger partial charge in [-0.3, -0.25) is 4.79 Å². The molecule has 0 radical (unpaired) electrons. The number of carbonyl (C=O) groups excluding carboxylic acids is 1. The zero-order chi connectivity index (χ0) is 19.3. The first-order valence-electron chi connectivity index (χ1n) is 9.69. The molecule has 1 saturated heterocycles. The number of amides is 1. The van der Waals surface area contributed by atoms with Gasteiger partial charge in [0.15, 0.2) is 0 Å². The Kier molecular flexibility index (Phi) is 7.24. The van der Waals surface area contributed by atoms with E-state index >= 15 is 0 Å². The molecular weight excluding hydrogens is 348 g/mol. The molecule has 0 bridgehead atoms. The number of rotatable bonds is 7. The molecule has 0 spiro atoms. The summed E-state index contributed by atoms with van der Waals surface area (Å²) in [6.07, 6.45) is 2.81. The smallest absolute Gasteiger partial charge is 0.253 e. The Balaban J connectivity index is 2.28. The topological polar surface area (TPSA) is 57.7 Å². The molecule has 6 heteroatoms. The van der Waals surface area contributed by atoms with E-state index in [-0.39, 0.29) is 10.8 Å². The lowest BCUT2D eigenvalue weighted by atomic mass is 9.94. The second-order valence-corrected chi connectivity index (χ2v) is 9.53. The molecule has 1 fully saturated rings. The van der Waals surface area contributed by atoms with Crippen LogP contribution in [-0.4, -0.2) is 49.7 Å². The van der Waals surface area contributed by atoms with Crippen LogP contribution in [0.2, 0.25) is 0 Å². The van der Waals surface area contributed by atoms with Gasteiger partial charge in [0, 0.05) is 31.7 Å². The van der Waals surface area contributed by atoms with Gasteiger partial charge in [-0.1, -0.05) is 33.8 Å². The van der Waals surface area contributed by atoms with Gasteiger partial charge in [-0.05, 0) is 49.3 Å². The van der Waals surface area contributed by atoms with E-state index in [1.807, 2.05) is 13.8 Å². The Morgan fingerprint density at radius 2 is 1.69 bits per heavy atom. The monoisotopic (exact) mass is 380 g/mol. The second kappa shape index (κ2) is 9.00. The first-order valence-corrected chi connectivity index (χ1v) is 11.1. The van der Waals surface area contributed by atoms with Crippen molar-refractivity contribution in [1.29, 1.82) is 0 Å². The first kappa shape index (κ1) is 20.9. The molecule has 0 aliphatic carbocycles. The van der Waals surface area contributed by atoms with Gasteiger partial charge in [0.2, 0.25) is 10.0 Å². The van der Waals surface area contributed by atoms with Crippen LogP contribution in [-0.2, 0) is 10.0 Å². The van der Waals surface area contributed by atoms with Crippen molar-refractivity contribution < 1.29 is 13.2 Å². The van der Waals surface area contributed by atoms with Gasteiger partial charge < -0.3 is 4.90 Å². The van der Waals surface area contributed by atoms with Crippen LogP contribution in [0.3, 0.4) is 0 Å². The summed E-state index contributed by atoms with van der Waals surface area (Å²) in [6, 6.07) is 6.52. The maximum absolute atomic E-state index is 13.1. The maximum Gasteiger partial charge on any atom is 0.253 e. The van der Waals surface area contributed by atoms with Crippen LogP contribution < -0.4 is 0 Å². The predicted molar refractivity (Wildman–Crippen MR) is 105 cm³/mol. The quantitative estimate of drug-likeness (QED) is 0.726. The molecule has 26 heavy (non-hydrogen) atoms. The standard InChI is InChI=1S/C20H32N2O3S/c1-5-10-21(11-6-2)20(23)18-8-7-9-19(13-18)26(24,25)22-14-16(3)12-17(4)15-22/h7-9,13,16-17H,5-6,10-12,14-15H2,1-4H3/t16-,17-/m1/s1. The molecule has 2 rings (SSSR count). The van der Waals surface area contributed by atoms with Gasteiger partial charge in [-0.2, -0.15) is 4.31 Å². The minimum atomic E-state index is -3.57. The summed E-state index contributed by atoms with van der Waals surface area (Å²) in [4.78, 5) is 14.8. The molecule has 1 aromatic carbocycles. The Morgan fingerprint density at radius 1 is 1.12 bits per heavy atom. The number of carbonyl (C=O) groups is 1. The van der Waals surface area contributed by atoms with Gasteiger partial charge in [0.05, 0.1) is 4.90 Å². The highest BCUT2D eigenvalue weighted by Crippen LogP contribution is 2.27. The highest BCUT2D eigenvalue weighted by molar-refractivity contribution is 7.89. The average Bonchev–Trinajstić information content (AvgIpc) is 2.60. The highest BCUT2D eigenvalue weighted by Gasteiger charge is 2.32. The van der Waals surface area contributed by atoms with Crippen LogP contribution in [0.4, 0.5) is 0 Å². The summed E-state index contributed by atoms with van der Waals surface area (Å²) in [6.45, 7) is 10.7. The van der Waals surface area contributed by atoms with E-state index in [2.05, 4.69) is 13.8 Å². The normalized spacial score (nSPS) is 21.5. The first-order chi connectivity index (χ1) is 12.3. The fraction of sp³-hybridized carbons (Fsp3) is 0.650. The lowest BCUT2D eigenvalue weighted by Crippen LogP contribution is -2.42. The molecule has 0 N–H and O–H groups in total. The maximum atomic E-state index is 13.1. The predicted octanol–water partition coefficient (Wildman–Crippen LogP) is 3.62. The number of sulfonamides is 1. The SMILES string of the molecule is CCCN(CCC)C(=O)c1cccc(S(=O)(=O)N2C[C@H](C)C[C@@H](C)C2)c1. The number of benzene rings is 1. The van der Waals surface area contributed by atoms with Gasteiger partial charge in [0.1, 0.15) is 0 Å². The summed E-state index contributed by atoms with van der Waals surface area (Å²) in [5, 5.41) is 0. The molecule has 0 unspecified atom stereocenters. The van der Waals surface area contributed by atoms with Gasteiger partial charge in [0.25, 0.3) is 5.91 Å². The Hall–Kier alpha value is -1.40. The van der Waals surface area contributed by atoms with Crippen molar-refractivity contribution in [2.45, 2.75) is 51.9 Å². The van der Waals surface area contributed by atoms with Crippen molar-refractivity contribution in [3.05, 3.63) is 29.8 Å². The number of piperidine rings is 1. The second-order valence-electron chi connectivity index (χ2n) is 7.59. The zero-order valence-electron chi connectivity index (χ0n) is 16.4. The van der Waals surface area contributed by atoms with Crippen LogP contribution in [0.15, 0.2) is 29.2 Å². The lowest BCUT2D eigenvalue weighted by Gasteiger charge is -2.34. The summed E-state index contributed by atoms with van der Waals surface area (Å²) in [7, 11) is -3.57. The third-order valence-electron chi connectivity index (χ3n) is 4.83. The Labute approximate surface area is 158 Å². The molecule has 1 amide bonds. The summed E-state index contributed by atoms with van der Waals surface area (Å²) in [5.41, 5.74) is 0.450. The summed E-state index contributed by atoms with van der Waals surface area (Å²) >= 11 is 0. The van der Waals surface area contributed by atoms with Gasteiger partial charge >= 0.3 is 0 Å². The van der Waals surface area contributed by atoms with Crippen LogP contribution >= 0.6 is 0 Å². The molecule has 1 aliphatic heterocycles. The molecule has 0 saturated carbocycles. The van der Waals surface area contributed by atoms with E-state index in [1.54, 1.807) is 33.5 Å². The minimum absolute atomic E-state index is 0.0915. The van der Waals surface area contributed by atoms with Crippen molar-refractivity contribution >= 4 is 15.9 Å². The van der Waals surface area contributed by atoms with E-state index in [0.717, 1.165) is 19.3 Å². The highest BCUT2D eigenvalue weighted by atomic mass is 32.2. The molecule has 1 aromatic rings. The molecule has 5 nitrogen and oxygen atoms in total. The van der Waals surface area contributed by atoms with Gasteiger partial charge in [-0.25, -0.2) is 8.42 Å². The fourth-order valence-electron chi connectivity index (χ4n) is 3.78. The average molecular weight is 381 g/mol. The molecule has 0 aromatic heterocycles. The van der Waals surface area contributed by atoms with E-state index in [0.29, 0.717) is 43.6 Å². The van der Waals surface area contributed by atoms with Gasteiger partial charge in [-0.15, -0.1) is 0 Å². The van der Waals surface area contributed by atoms with E-state index in [4.69, 9.17) is 0 Å². The van der Waals surface area contributed by atoms with Crippen LogP contribution in [0.5, 0.6) is 0 Å².